The molecule has 1 aliphatic rings. The van der Waals surface area contributed by atoms with Crippen LogP contribution in [0.1, 0.15) is 36.8 Å². The van der Waals surface area contributed by atoms with Crippen LogP contribution in [-0.4, -0.2) is 31.2 Å². The first-order valence-corrected chi connectivity index (χ1v) is 7.23. The Balaban J connectivity index is 0.00000220. The molecule has 21 heavy (non-hydrogen) atoms. The quantitative estimate of drug-likeness (QED) is 0.895. The third-order valence-corrected chi connectivity index (χ3v) is 4.02. The minimum absolute atomic E-state index is 0. The average Bonchev–Trinajstić information content (AvgIpc) is 2.45. The van der Waals surface area contributed by atoms with Crippen molar-refractivity contribution in [3.05, 3.63) is 35.4 Å². The van der Waals surface area contributed by atoms with Crippen molar-refractivity contribution in [1.29, 1.82) is 0 Å². The van der Waals surface area contributed by atoms with E-state index in [9.17, 15) is 4.79 Å². The van der Waals surface area contributed by atoms with Gasteiger partial charge in [-0.2, -0.15) is 0 Å². The molecular formula is C16H25ClN2O2. The van der Waals surface area contributed by atoms with Crippen molar-refractivity contribution in [2.24, 2.45) is 5.73 Å². The zero-order valence-corrected chi connectivity index (χ0v) is 13.5. The molecule has 1 aromatic rings. The summed E-state index contributed by atoms with van der Waals surface area (Å²) in [5, 5.41) is 2.99. The fourth-order valence-corrected chi connectivity index (χ4v) is 2.48. The zero-order valence-electron chi connectivity index (χ0n) is 12.7. The van der Waals surface area contributed by atoms with Crippen LogP contribution >= 0.6 is 12.4 Å². The standard InChI is InChI=1S/C16H24N2O2.ClH/c1-12-4-3-5-14(10-12)13(2)11-18-15(19)16(17)6-8-20-9-7-16;/h3-5,10,13H,6-9,11,17H2,1-2H3,(H,18,19);1H. The summed E-state index contributed by atoms with van der Waals surface area (Å²) in [4.78, 5) is 12.2. The number of hydrogen-bond acceptors (Lipinski definition) is 3. The molecule has 1 aromatic carbocycles. The number of ether oxygens (including phenoxy) is 1. The van der Waals surface area contributed by atoms with Crippen LogP contribution in [0, 0.1) is 6.92 Å². The first kappa shape index (κ1) is 18.0. The Morgan fingerprint density at radius 2 is 2.10 bits per heavy atom. The van der Waals surface area contributed by atoms with Gasteiger partial charge in [0.25, 0.3) is 0 Å². The molecule has 0 aliphatic carbocycles. The molecule has 3 N–H and O–H groups in total. The molecule has 1 aliphatic heterocycles. The summed E-state index contributed by atoms with van der Waals surface area (Å²) in [6.45, 7) is 5.94. The van der Waals surface area contributed by atoms with Crippen LogP contribution in [0.2, 0.25) is 0 Å². The lowest BCUT2D eigenvalue weighted by Gasteiger charge is -2.32. The van der Waals surface area contributed by atoms with Gasteiger partial charge in [0.15, 0.2) is 0 Å². The van der Waals surface area contributed by atoms with E-state index in [4.69, 9.17) is 10.5 Å². The predicted molar refractivity (Wildman–Crippen MR) is 86.8 cm³/mol. The lowest BCUT2D eigenvalue weighted by atomic mass is 9.90. The van der Waals surface area contributed by atoms with Crippen molar-refractivity contribution >= 4 is 18.3 Å². The molecule has 4 nitrogen and oxygen atoms in total. The summed E-state index contributed by atoms with van der Waals surface area (Å²) in [5.74, 6) is 0.225. The van der Waals surface area contributed by atoms with Gasteiger partial charge in [-0.3, -0.25) is 4.79 Å². The molecular weight excluding hydrogens is 288 g/mol. The number of carbonyl (C=O) groups is 1. The normalized spacial score (nSPS) is 18.4. The highest BCUT2D eigenvalue weighted by Crippen LogP contribution is 2.19. The van der Waals surface area contributed by atoms with Crippen molar-refractivity contribution in [2.45, 2.75) is 38.1 Å². The molecule has 0 spiro atoms. The van der Waals surface area contributed by atoms with Crippen molar-refractivity contribution in [2.75, 3.05) is 19.8 Å². The Hall–Kier alpha value is -1.10. The van der Waals surface area contributed by atoms with Crippen molar-refractivity contribution in [3.63, 3.8) is 0 Å². The molecule has 5 heteroatoms. The highest BCUT2D eigenvalue weighted by atomic mass is 35.5. The van der Waals surface area contributed by atoms with Crippen LogP contribution in [0.15, 0.2) is 24.3 Å². The Labute approximate surface area is 132 Å². The summed E-state index contributed by atoms with van der Waals surface area (Å²) < 4.78 is 5.26. The van der Waals surface area contributed by atoms with Crippen LogP contribution in [0.3, 0.4) is 0 Å². The molecule has 0 saturated carbocycles. The van der Waals surface area contributed by atoms with Crippen molar-refractivity contribution in [3.8, 4) is 0 Å². The van der Waals surface area contributed by atoms with E-state index in [0.717, 1.165) is 0 Å². The lowest BCUT2D eigenvalue weighted by Crippen LogP contribution is -2.57. The maximum Gasteiger partial charge on any atom is 0.240 e. The highest BCUT2D eigenvalue weighted by Gasteiger charge is 2.35. The van der Waals surface area contributed by atoms with Gasteiger partial charge in [0.1, 0.15) is 0 Å². The molecule has 0 radical (unpaired) electrons. The smallest absolute Gasteiger partial charge is 0.240 e. The third kappa shape index (κ3) is 4.70. The average molecular weight is 313 g/mol. The van der Waals surface area contributed by atoms with Crippen molar-refractivity contribution in [1.82, 2.24) is 5.32 Å². The molecule has 0 aromatic heterocycles. The fourth-order valence-electron chi connectivity index (χ4n) is 2.48. The SMILES string of the molecule is Cc1cccc(C(C)CNC(=O)C2(N)CCOCC2)c1.Cl. The number of aryl methyl sites for hydroxylation is 1. The number of benzene rings is 1. The maximum atomic E-state index is 12.2. The summed E-state index contributed by atoms with van der Waals surface area (Å²) >= 11 is 0. The molecule has 118 valence electrons. The van der Waals surface area contributed by atoms with Gasteiger partial charge in [-0.25, -0.2) is 0 Å². The lowest BCUT2D eigenvalue weighted by molar-refractivity contribution is -0.129. The minimum atomic E-state index is -0.759. The highest BCUT2D eigenvalue weighted by molar-refractivity contribution is 5.86. The first-order valence-electron chi connectivity index (χ1n) is 7.23. The second-order valence-electron chi connectivity index (χ2n) is 5.79. The van der Waals surface area contributed by atoms with Gasteiger partial charge in [0, 0.05) is 19.8 Å². The first-order chi connectivity index (χ1) is 9.51. The molecule has 0 bridgehead atoms. The summed E-state index contributed by atoms with van der Waals surface area (Å²) in [7, 11) is 0. The second-order valence-corrected chi connectivity index (χ2v) is 5.79. The van der Waals surface area contributed by atoms with E-state index in [1.807, 2.05) is 6.07 Å². The van der Waals surface area contributed by atoms with Gasteiger partial charge in [0.2, 0.25) is 5.91 Å². The van der Waals surface area contributed by atoms with Gasteiger partial charge >= 0.3 is 0 Å². The largest absolute Gasteiger partial charge is 0.381 e. The van der Waals surface area contributed by atoms with Gasteiger partial charge in [-0.1, -0.05) is 36.8 Å². The van der Waals surface area contributed by atoms with E-state index in [1.165, 1.54) is 11.1 Å². The molecule has 1 atom stereocenters. The summed E-state index contributed by atoms with van der Waals surface area (Å²) in [6.07, 6.45) is 1.19. The zero-order chi connectivity index (χ0) is 14.6. The molecule has 1 amide bonds. The summed E-state index contributed by atoms with van der Waals surface area (Å²) in [5.41, 5.74) is 7.88. The number of hydrogen-bond donors (Lipinski definition) is 2. The van der Waals surface area contributed by atoms with Gasteiger partial charge in [-0.05, 0) is 31.2 Å². The predicted octanol–water partition coefficient (Wildman–Crippen LogP) is 2.14. The van der Waals surface area contributed by atoms with E-state index in [2.05, 4.69) is 37.4 Å². The van der Waals surface area contributed by atoms with Crippen LogP contribution in [0.25, 0.3) is 0 Å². The van der Waals surface area contributed by atoms with Crippen LogP contribution in [0.5, 0.6) is 0 Å². The second kappa shape index (κ2) is 7.78. The molecule has 2 rings (SSSR count). The molecule has 1 saturated heterocycles. The van der Waals surface area contributed by atoms with E-state index >= 15 is 0 Å². The Morgan fingerprint density at radius 3 is 2.71 bits per heavy atom. The number of rotatable bonds is 4. The monoisotopic (exact) mass is 312 g/mol. The Bertz CT molecular complexity index is 473. The number of carbonyl (C=O) groups excluding carboxylic acids is 1. The number of nitrogens with one attached hydrogen (secondary N) is 1. The number of halogens is 1. The van der Waals surface area contributed by atoms with Crippen LogP contribution in [0.4, 0.5) is 0 Å². The number of nitrogens with two attached hydrogens (primary N) is 1. The minimum Gasteiger partial charge on any atom is -0.381 e. The van der Waals surface area contributed by atoms with E-state index in [0.29, 0.717) is 32.6 Å². The van der Waals surface area contributed by atoms with Gasteiger partial charge < -0.3 is 15.8 Å². The van der Waals surface area contributed by atoms with E-state index < -0.39 is 5.54 Å². The molecule has 1 heterocycles. The Kier molecular flexibility index (Phi) is 6.65. The van der Waals surface area contributed by atoms with E-state index in [-0.39, 0.29) is 24.2 Å². The van der Waals surface area contributed by atoms with Crippen LogP contribution in [-0.2, 0) is 9.53 Å². The third-order valence-electron chi connectivity index (χ3n) is 4.02. The van der Waals surface area contributed by atoms with E-state index in [1.54, 1.807) is 0 Å². The van der Waals surface area contributed by atoms with Crippen molar-refractivity contribution < 1.29 is 9.53 Å². The maximum absolute atomic E-state index is 12.2. The molecule has 1 fully saturated rings. The topological polar surface area (TPSA) is 64.4 Å². The molecule has 1 unspecified atom stereocenters. The summed E-state index contributed by atoms with van der Waals surface area (Å²) in [6, 6.07) is 8.37. The number of amides is 1. The van der Waals surface area contributed by atoms with Gasteiger partial charge in [-0.15, -0.1) is 12.4 Å². The fraction of sp³-hybridized carbons (Fsp3) is 0.562. The Morgan fingerprint density at radius 1 is 1.43 bits per heavy atom. The van der Waals surface area contributed by atoms with Crippen LogP contribution < -0.4 is 11.1 Å². The van der Waals surface area contributed by atoms with Gasteiger partial charge in [0.05, 0.1) is 5.54 Å².